The quantitative estimate of drug-likeness (QED) is 0.423. The summed E-state index contributed by atoms with van der Waals surface area (Å²) in [6.07, 6.45) is 1.81. The van der Waals surface area contributed by atoms with Crippen LogP contribution in [0.3, 0.4) is 0 Å². The molecular formula is C25H23NO2. The first kappa shape index (κ1) is 18.2. The van der Waals surface area contributed by atoms with Gasteiger partial charge in [0, 0.05) is 5.56 Å². The summed E-state index contributed by atoms with van der Waals surface area (Å²) in [4.78, 5) is 16.8. The highest BCUT2D eigenvalue weighted by atomic mass is 16.6. The van der Waals surface area contributed by atoms with Crippen LogP contribution < -0.4 is 0 Å². The van der Waals surface area contributed by atoms with Crippen LogP contribution in [0, 0.1) is 6.92 Å². The second kappa shape index (κ2) is 6.75. The summed E-state index contributed by atoms with van der Waals surface area (Å²) in [7, 11) is 0. The van der Waals surface area contributed by atoms with Crippen molar-refractivity contribution in [2.45, 2.75) is 33.1 Å². The third-order valence-corrected chi connectivity index (χ3v) is 5.09. The molecule has 28 heavy (non-hydrogen) atoms. The number of hydrogen-bond donors (Lipinski definition) is 0. The van der Waals surface area contributed by atoms with Crippen molar-refractivity contribution in [3.05, 3.63) is 88.6 Å². The Balaban J connectivity index is 1.71. The van der Waals surface area contributed by atoms with Crippen LogP contribution in [0.4, 0.5) is 0 Å². The molecule has 0 spiro atoms. The first-order valence-electron chi connectivity index (χ1n) is 9.45. The van der Waals surface area contributed by atoms with E-state index < -0.39 is 5.97 Å². The van der Waals surface area contributed by atoms with Crippen LogP contribution in [-0.4, -0.2) is 11.9 Å². The molecule has 0 amide bonds. The molecule has 3 heteroatoms. The normalized spacial score (nSPS) is 15.8. The number of aliphatic imine (C=N–C) groups is 1. The van der Waals surface area contributed by atoms with Crippen LogP contribution in [0.1, 0.15) is 43.0 Å². The van der Waals surface area contributed by atoms with Gasteiger partial charge in [-0.1, -0.05) is 69.3 Å². The van der Waals surface area contributed by atoms with Crippen molar-refractivity contribution >= 4 is 28.7 Å². The molecule has 0 radical (unpaired) electrons. The van der Waals surface area contributed by atoms with Gasteiger partial charge in [0.25, 0.3) is 0 Å². The van der Waals surface area contributed by atoms with Crippen LogP contribution >= 0.6 is 0 Å². The van der Waals surface area contributed by atoms with Gasteiger partial charge in [0.1, 0.15) is 0 Å². The molecule has 3 nitrogen and oxygen atoms in total. The van der Waals surface area contributed by atoms with Crippen molar-refractivity contribution in [2.24, 2.45) is 4.99 Å². The summed E-state index contributed by atoms with van der Waals surface area (Å²) in [5, 5.41) is 2.27. The predicted molar refractivity (Wildman–Crippen MR) is 114 cm³/mol. The Labute approximate surface area is 165 Å². The Morgan fingerprint density at radius 2 is 1.57 bits per heavy atom. The van der Waals surface area contributed by atoms with Crippen molar-refractivity contribution in [2.75, 3.05) is 0 Å². The molecule has 4 rings (SSSR count). The number of cyclic esters (lactones) is 1. The van der Waals surface area contributed by atoms with Crippen molar-refractivity contribution in [3.63, 3.8) is 0 Å². The molecule has 3 aromatic carbocycles. The molecule has 1 aliphatic rings. The van der Waals surface area contributed by atoms with Gasteiger partial charge in [-0.2, -0.15) is 0 Å². The zero-order valence-corrected chi connectivity index (χ0v) is 16.6. The standard InChI is InChI=1S/C25H23NO2/c1-16-9-10-18(21-8-6-5-7-20(16)21)15-22-24(27)28-23(26-22)17-11-13-19(14-12-17)25(2,3)4/h5-15H,1-4H3/b22-15+. The van der Waals surface area contributed by atoms with Crippen LogP contribution in [0.2, 0.25) is 0 Å². The zero-order chi connectivity index (χ0) is 19.9. The van der Waals surface area contributed by atoms with E-state index in [-0.39, 0.29) is 5.41 Å². The number of aryl methyl sites for hydroxylation is 1. The van der Waals surface area contributed by atoms with E-state index in [2.05, 4.69) is 63.0 Å². The van der Waals surface area contributed by atoms with Gasteiger partial charge in [-0.15, -0.1) is 0 Å². The predicted octanol–water partition coefficient (Wildman–Crippen LogP) is 5.79. The highest BCUT2D eigenvalue weighted by Gasteiger charge is 2.25. The maximum absolute atomic E-state index is 12.4. The number of carbonyl (C=O) groups is 1. The maximum Gasteiger partial charge on any atom is 0.363 e. The smallest absolute Gasteiger partial charge is 0.363 e. The summed E-state index contributed by atoms with van der Waals surface area (Å²) in [6, 6.07) is 20.3. The molecule has 1 heterocycles. The number of ether oxygens (including phenoxy) is 1. The molecular weight excluding hydrogens is 346 g/mol. The molecule has 3 aromatic rings. The first-order valence-corrected chi connectivity index (χ1v) is 9.45. The molecule has 0 saturated carbocycles. The number of fused-ring (bicyclic) bond motifs is 1. The Morgan fingerprint density at radius 3 is 2.25 bits per heavy atom. The Morgan fingerprint density at radius 1 is 0.893 bits per heavy atom. The number of hydrogen-bond acceptors (Lipinski definition) is 3. The second-order valence-electron chi connectivity index (χ2n) is 8.18. The summed E-state index contributed by atoms with van der Waals surface area (Å²) in [6.45, 7) is 8.59. The molecule has 0 saturated heterocycles. The second-order valence-corrected chi connectivity index (χ2v) is 8.18. The lowest BCUT2D eigenvalue weighted by Gasteiger charge is -2.18. The van der Waals surface area contributed by atoms with Gasteiger partial charge in [-0.3, -0.25) is 0 Å². The fraction of sp³-hybridized carbons (Fsp3) is 0.200. The molecule has 0 atom stereocenters. The average Bonchev–Trinajstić information content (AvgIpc) is 3.04. The number of benzene rings is 3. The molecule has 0 N–H and O–H groups in total. The number of rotatable bonds is 2. The Bertz CT molecular complexity index is 1130. The lowest BCUT2D eigenvalue weighted by molar-refractivity contribution is -0.129. The van der Waals surface area contributed by atoms with E-state index in [9.17, 15) is 4.79 Å². The minimum atomic E-state index is -0.417. The number of carbonyl (C=O) groups excluding carboxylic acids is 1. The Kier molecular flexibility index (Phi) is 4.38. The zero-order valence-electron chi connectivity index (χ0n) is 16.6. The third kappa shape index (κ3) is 3.36. The molecule has 0 fully saturated rings. The topological polar surface area (TPSA) is 38.7 Å². The largest absolute Gasteiger partial charge is 0.402 e. The van der Waals surface area contributed by atoms with Gasteiger partial charge in [0.05, 0.1) is 0 Å². The van der Waals surface area contributed by atoms with E-state index in [1.165, 1.54) is 16.5 Å². The monoisotopic (exact) mass is 369 g/mol. The summed E-state index contributed by atoms with van der Waals surface area (Å²) in [5.41, 5.74) is 4.59. The first-order chi connectivity index (χ1) is 13.3. The summed E-state index contributed by atoms with van der Waals surface area (Å²) >= 11 is 0. The highest BCUT2D eigenvalue weighted by molar-refractivity contribution is 6.13. The fourth-order valence-electron chi connectivity index (χ4n) is 3.39. The van der Waals surface area contributed by atoms with Crippen molar-refractivity contribution in [3.8, 4) is 0 Å². The van der Waals surface area contributed by atoms with Crippen molar-refractivity contribution in [1.82, 2.24) is 0 Å². The number of esters is 1. The minimum absolute atomic E-state index is 0.0737. The average molecular weight is 369 g/mol. The van der Waals surface area contributed by atoms with Gasteiger partial charge in [-0.25, -0.2) is 9.79 Å². The Hall–Kier alpha value is -3.20. The summed E-state index contributed by atoms with van der Waals surface area (Å²) in [5.74, 6) is -0.0623. The van der Waals surface area contributed by atoms with E-state index in [0.717, 1.165) is 16.5 Å². The minimum Gasteiger partial charge on any atom is -0.402 e. The number of nitrogens with zero attached hydrogens (tertiary/aromatic N) is 1. The summed E-state index contributed by atoms with van der Waals surface area (Å²) < 4.78 is 5.44. The molecule has 0 aliphatic carbocycles. The van der Waals surface area contributed by atoms with Crippen LogP contribution in [0.5, 0.6) is 0 Å². The van der Waals surface area contributed by atoms with E-state index in [1.54, 1.807) is 6.08 Å². The van der Waals surface area contributed by atoms with Gasteiger partial charge < -0.3 is 4.74 Å². The van der Waals surface area contributed by atoms with Crippen LogP contribution in [0.15, 0.2) is 71.4 Å². The lowest BCUT2D eigenvalue weighted by Crippen LogP contribution is -2.11. The molecule has 1 aliphatic heterocycles. The van der Waals surface area contributed by atoms with Crippen molar-refractivity contribution in [1.29, 1.82) is 0 Å². The van der Waals surface area contributed by atoms with Crippen molar-refractivity contribution < 1.29 is 9.53 Å². The highest BCUT2D eigenvalue weighted by Crippen LogP contribution is 2.27. The molecule has 0 unspecified atom stereocenters. The third-order valence-electron chi connectivity index (χ3n) is 5.09. The van der Waals surface area contributed by atoms with Crippen LogP contribution in [-0.2, 0) is 14.9 Å². The van der Waals surface area contributed by atoms with E-state index in [0.29, 0.717) is 11.6 Å². The van der Waals surface area contributed by atoms with Gasteiger partial charge in [-0.05, 0) is 58.0 Å². The molecule has 0 aromatic heterocycles. The van der Waals surface area contributed by atoms with Gasteiger partial charge >= 0.3 is 5.97 Å². The van der Waals surface area contributed by atoms with E-state index in [4.69, 9.17) is 4.74 Å². The fourth-order valence-corrected chi connectivity index (χ4v) is 3.39. The van der Waals surface area contributed by atoms with Gasteiger partial charge in [0.15, 0.2) is 5.70 Å². The van der Waals surface area contributed by atoms with E-state index >= 15 is 0 Å². The van der Waals surface area contributed by atoms with Gasteiger partial charge in [0.2, 0.25) is 5.90 Å². The lowest BCUT2D eigenvalue weighted by atomic mass is 9.87. The van der Waals surface area contributed by atoms with E-state index in [1.807, 2.05) is 30.3 Å². The molecule has 0 bridgehead atoms. The SMILES string of the molecule is Cc1ccc(/C=C2/N=C(c3ccc(C(C)(C)C)cc3)OC2=O)c2ccccc12. The molecule has 140 valence electrons. The maximum atomic E-state index is 12.4. The van der Waals surface area contributed by atoms with Crippen LogP contribution in [0.25, 0.3) is 16.8 Å².